The molecular weight excluding hydrogens is 264 g/mol. The van der Waals surface area contributed by atoms with Gasteiger partial charge in [-0.05, 0) is 73.1 Å². The topological polar surface area (TPSA) is 57.5 Å². The van der Waals surface area contributed by atoms with Crippen LogP contribution >= 0.6 is 0 Å². The van der Waals surface area contributed by atoms with Gasteiger partial charge in [0, 0.05) is 5.41 Å². The molecular formula is C18H22O3. The maximum absolute atomic E-state index is 12.3. The maximum atomic E-state index is 12.3. The molecule has 0 heterocycles. The van der Waals surface area contributed by atoms with Crippen molar-refractivity contribution in [3.8, 4) is 5.75 Å². The van der Waals surface area contributed by atoms with Gasteiger partial charge in [0.15, 0.2) is 5.78 Å². The number of phenols is 1. The molecule has 0 aromatic heterocycles. The van der Waals surface area contributed by atoms with E-state index in [2.05, 4.69) is 13.0 Å². The van der Waals surface area contributed by atoms with Crippen LogP contribution in [0.1, 0.15) is 49.7 Å². The van der Waals surface area contributed by atoms with Crippen molar-refractivity contribution >= 4 is 5.78 Å². The predicted molar refractivity (Wildman–Crippen MR) is 79.1 cm³/mol. The number of aryl methyl sites for hydroxylation is 1. The van der Waals surface area contributed by atoms with Gasteiger partial charge in [-0.3, -0.25) is 4.79 Å². The third-order valence-electron chi connectivity index (χ3n) is 6.44. The summed E-state index contributed by atoms with van der Waals surface area (Å²) < 4.78 is 0. The molecule has 5 atom stereocenters. The Balaban J connectivity index is 1.73. The predicted octanol–water partition coefficient (Wildman–Crippen LogP) is 2.79. The molecule has 2 saturated carbocycles. The quantitative estimate of drug-likeness (QED) is 0.771. The lowest BCUT2D eigenvalue weighted by atomic mass is 9.55. The zero-order chi connectivity index (χ0) is 14.8. The first kappa shape index (κ1) is 13.3. The molecule has 3 aliphatic rings. The minimum absolute atomic E-state index is 0.0717. The van der Waals surface area contributed by atoms with Crippen molar-refractivity contribution in [1.29, 1.82) is 0 Å². The molecule has 4 rings (SSSR count). The van der Waals surface area contributed by atoms with Crippen LogP contribution in [0.15, 0.2) is 18.2 Å². The van der Waals surface area contributed by atoms with E-state index in [1.807, 2.05) is 6.07 Å². The molecule has 3 heteroatoms. The summed E-state index contributed by atoms with van der Waals surface area (Å²) in [5, 5.41) is 19.7. The molecule has 0 saturated heterocycles. The second kappa shape index (κ2) is 4.33. The SMILES string of the molecule is C[C@]12CC[C@@H]3c4ccc(O)cc4CCC3[C@@H]1C[C@@H](O)C2=O. The van der Waals surface area contributed by atoms with Gasteiger partial charge in [0.05, 0.1) is 0 Å². The monoisotopic (exact) mass is 286 g/mol. The van der Waals surface area contributed by atoms with Crippen molar-refractivity contribution in [2.45, 2.75) is 51.0 Å². The van der Waals surface area contributed by atoms with Crippen molar-refractivity contribution in [2.24, 2.45) is 17.3 Å². The number of ketones is 1. The van der Waals surface area contributed by atoms with Crippen molar-refractivity contribution in [3.63, 3.8) is 0 Å². The van der Waals surface area contributed by atoms with Crippen LogP contribution in [0.25, 0.3) is 0 Å². The van der Waals surface area contributed by atoms with Crippen LogP contribution in [-0.2, 0) is 11.2 Å². The molecule has 1 unspecified atom stereocenters. The van der Waals surface area contributed by atoms with Gasteiger partial charge in [0.1, 0.15) is 11.9 Å². The lowest BCUT2D eigenvalue weighted by Gasteiger charge is -2.48. The van der Waals surface area contributed by atoms with Crippen LogP contribution in [0.4, 0.5) is 0 Å². The first-order valence-corrected chi connectivity index (χ1v) is 8.05. The molecule has 0 spiro atoms. The van der Waals surface area contributed by atoms with Crippen molar-refractivity contribution in [3.05, 3.63) is 29.3 Å². The zero-order valence-electron chi connectivity index (χ0n) is 12.4. The number of hydrogen-bond donors (Lipinski definition) is 2. The molecule has 2 N–H and O–H groups in total. The molecule has 0 radical (unpaired) electrons. The van der Waals surface area contributed by atoms with Gasteiger partial charge in [0.2, 0.25) is 0 Å². The van der Waals surface area contributed by atoms with Crippen molar-refractivity contribution < 1.29 is 15.0 Å². The highest BCUT2D eigenvalue weighted by Crippen LogP contribution is 2.59. The number of phenolic OH excluding ortho intramolecular Hbond substituents is 1. The van der Waals surface area contributed by atoms with E-state index in [1.54, 1.807) is 6.07 Å². The minimum atomic E-state index is -0.750. The third kappa shape index (κ3) is 1.73. The summed E-state index contributed by atoms with van der Waals surface area (Å²) >= 11 is 0. The van der Waals surface area contributed by atoms with E-state index < -0.39 is 6.10 Å². The van der Waals surface area contributed by atoms with Gasteiger partial charge in [-0.1, -0.05) is 13.0 Å². The highest BCUT2D eigenvalue weighted by Gasteiger charge is 2.57. The van der Waals surface area contributed by atoms with E-state index in [4.69, 9.17) is 0 Å². The molecule has 3 nitrogen and oxygen atoms in total. The third-order valence-corrected chi connectivity index (χ3v) is 6.44. The minimum Gasteiger partial charge on any atom is -0.508 e. The number of benzene rings is 1. The second-order valence-corrected chi connectivity index (χ2v) is 7.37. The van der Waals surface area contributed by atoms with Gasteiger partial charge in [0.25, 0.3) is 0 Å². The molecule has 21 heavy (non-hydrogen) atoms. The normalized spacial score (nSPS) is 41.3. The molecule has 2 fully saturated rings. The first-order chi connectivity index (χ1) is 10.0. The summed E-state index contributed by atoms with van der Waals surface area (Å²) in [7, 11) is 0. The summed E-state index contributed by atoms with van der Waals surface area (Å²) in [6.45, 7) is 2.07. The number of aromatic hydroxyl groups is 1. The van der Waals surface area contributed by atoms with Gasteiger partial charge < -0.3 is 10.2 Å². The average Bonchev–Trinajstić information content (AvgIpc) is 2.70. The van der Waals surface area contributed by atoms with Gasteiger partial charge in [-0.25, -0.2) is 0 Å². The number of fused-ring (bicyclic) bond motifs is 5. The number of carbonyl (C=O) groups excluding carboxylic acids is 1. The van der Waals surface area contributed by atoms with Crippen LogP contribution in [0.5, 0.6) is 5.75 Å². The molecule has 3 aliphatic carbocycles. The smallest absolute Gasteiger partial charge is 0.167 e. The molecule has 0 aliphatic heterocycles. The van der Waals surface area contributed by atoms with Crippen LogP contribution in [0.3, 0.4) is 0 Å². The molecule has 112 valence electrons. The van der Waals surface area contributed by atoms with Gasteiger partial charge in [-0.15, -0.1) is 0 Å². The fourth-order valence-corrected chi connectivity index (χ4v) is 5.36. The average molecular weight is 286 g/mol. The number of Topliss-reactive ketones (excluding diaryl/α,β-unsaturated/α-hetero) is 1. The summed E-state index contributed by atoms with van der Waals surface area (Å²) in [5.74, 6) is 1.73. The Morgan fingerprint density at radius 1 is 1.29 bits per heavy atom. The molecule has 1 aromatic rings. The van der Waals surface area contributed by atoms with Crippen LogP contribution in [-0.4, -0.2) is 22.1 Å². The highest BCUT2D eigenvalue weighted by atomic mass is 16.3. The van der Waals surface area contributed by atoms with E-state index in [9.17, 15) is 15.0 Å². The number of aliphatic hydroxyl groups excluding tert-OH is 1. The summed E-state index contributed by atoms with van der Waals surface area (Å²) in [6.07, 6.45) is 3.84. The lowest BCUT2D eigenvalue weighted by Crippen LogP contribution is -2.42. The lowest BCUT2D eigenvalue weighted by molar-refractivity contribution is -0.134. The van der Waals surface area contributed by atoms with Crippen LogP contribution in [0, 0.1) is 17.3 Å². The van der Waals surface area contributed by atoms with Crippen LogP contribution < -0.4 is 0 Å². The number of aliphatic hydroxyl groups is 1. The largest absolute Gasteiger partial charge is 0.508 e. The summed E-state index contributed by atoms with van der Waals surface area (Å²) in [5.41, 5.74) is 2.32. The first-order valence-electron chi connectivity index (χ1n) is 8.05. The Labute approximate surface area is 125 Å². The Kier molecular flexibility index (Phi) is 2.74. The zero-order valence-corrected chi connectivity index (χ0v) is 12.4. The molecule has 1 aromatic carbocycles. The Morgan fingerprint density at radius 2 is 2.10 bits per heavy atom. The second-order valence-electron chi connectivity index (χ2n) is 7.37. The van der Waals surface area contributed by atoms with Crippen LogP contribution in [0.2, 0.25) is 0 Å². The fraction of sp³-hybridized carbons (Fsp3) is 0.611. The van der Waals surface area contributed by atoms with Crippen molar-refractivity contribution in [2.75, 3.05) is 0 Å². The Bertz CT molecular complexity index is 608. The Morgan fingerprint density at radius 3 is 2.90 bits per heavy atom. The fourth-order valence-electron chi connectivity index (χ4n) is 5.36. The van der Waals surface area contributed by atoms with Crippen molar-refractivity contribution in [1.82, 2.24) is 0 Å². The maximum Gasteiger partial charge on any atom is 0.167 e. The molecule has 0 amide bonds. The standard InChI is InChI=1S/C18H22O3/c1-18-7-6-13-12-5-3-11(19)8-10(12)2-4-14(13)15(18)9-16(20)17(18)21/h3,5,8,13-16,19-20H,2,4,6-7,9H2,1H3/t13-,14?,15+,16-,18+/m1/s1. The number of carbonyl (C=O) groups is 1. The van der Waals surface area contributed by atoms with E-state index in [-0.39, 0.29) is 11.2 Å². The Hall–Kier alpha value is -1.35. The summed E-state index contributed by atoms with van der Waals surface area (Å²) in [6, 6.07) is 5.75. The van der Waals surface area contributed by atoms with E-state index in [0.29, 0.717) is 29.9 Å². The summed E-state index contributed by atoms with van der Waals surface area (Å²) in [4.78, 5) is 12.3. The number of hydrogen-bond acceptors (Lipinski definition) is 3. The van der Waals surface area contributed by atoms with E-state index in [0.717, 1.165) is 25.7 Å². The van der Waals surface area contributed by atoms with E-state index in [1.165, 1.54) is 11.1 Å². The number of rotatable bonds is 0. The van der Waals surface area contributed by atoms with E-state index >= 15 is 0 Å². The molecule has 0 bridgehead atoms. The van der Waals surface area contributed by atoms with Gasteiger partial charge in [-0.2, -0.15) is 0 Å². The van der Waals surface area contributed by atoms with Gasteiger partial charge >= 0.3 is 0 Å². The highest BCUT2D eigenvalue weighted by molar-refractivity contribution is 5.91.